The molecule has 0 aromatic heterocycles. The van der Waals surface area contributed by atoms with Gasteiger partial charge in [-0.3, -0.25) is 13.9 Å². The van der Waals surface area contributed by atoms with Crippen LogP contribution in [0.25, 0.3) is 0 Å². The van der Waals surface area contributed by atoms with Crippen LogP contribution < -0.4 is 9.62 Å². The fraction of sp³-hybridized carbons (Fsp3) is 0.310. The van der Waals surface area contributed by atoms with Crippen LogP contribution in [-0.4, -0.2) is 50.5 Å². The van der Waals surface area contributed by atoms with Crippen molar-refractivity contribution in [3.8, 4) is 0 Å². The Labute approximate surface area is 238 Å². The molecule has 0 aliphatic heterocycles. The van der Waals surface area contributed by atoms with E-state index in [1.54, 1.807) is 31.2 Å². The van der Waals surface area contributed by atoms with Crippen molar-refractivity contribution in [2.24, 2.45) is 0 Å². The molecule has 0 bridgehead atoms. The number of nitrogens with one attached hydrogen (secondary N) is 1. The minimum absolute atomic E-state index is 0.0473. The lowest BCUT2D eigenvalue weighted by atomic mass is 10.0. The van der Waals surface area contributed by atoms with Crippen molar-refractivity contribution in [1.82, 2.24) is 10.2 Å². The van der Waals surface area contributed by atoms with Crippen LogP contribution in [0.5, 0.6) is 0 Å². The number of anilines is 1. The number of carbonyl (C=O) groups is 2. The van der Waals surface area contributed by atoms with Gasteiger partial charge in [0.2, 0.25) is 21.8 Å². The van der Waals surface area contributed by atoms with Gasteiger partial charge >= 0.3 is 0 Å². The highest BCUT2D eigenvalue weighted by Crippen LogP contribution is 2.22. The van der Waals surface area contributed by atoms with Crippen LogP contribution in [0.3, 0.4) is 0 Å². The lowest BCUT2D eigenvalue weighted by Gasteiger charge is -2.32. The number of hydrogen-bond donors (Lipinski definition) is 1. The molecule has 3 aromatic rings. The fourth-order valence-corrected chi connectivity index (χ4v) is 5.49. The number of carbonyl (C=O) groups excluding carboxylic acids is 2. The van der Waals surface area contributed by atoms with Crippen molar-refractivity contribution in [2.75, 3.05) is 23.7 Å². The first kappa shape index (κ1) is 31.0. The average molecular weight is 592 g/mol. The van der Waals surface area contributed by atoms with Crippen LogP contribution in [0.2, 0.25) is 5.02 Å². The van der Waals surface area contributed by atoms with Crippen molar-refractivity contribution < 1.29 is 26.8 Å². The highest BCUT2D eigenvalue weighted by atomic mass is 35.5. The summed E-state index contributed by atoms with van der Waals surface area (Å²) in [5.74, 6) is -2.97. The maximum atomic E-state index is 13.8. The van der Waals surface area contributed by atoms with E-state index in [0.29, 0.717) is 11.6 Å². The first-order valence-corrected chi connectivity index (χ1v) is 15.0. The average Bonchev–Trinajstić information content (AvgIpc) is 2.90. The number of sulfonamides is 1. The summed E-state index contributed by atoms with van der Waals surface area (Å²) in [6.45, 7) is 2.12. The highest BCUT2D eigenvalue weighted by Gasteiger charge is 2.30. The van der Waals surface area contributed by atoms with Gasteiger partial charge in [-0.1, -0.05) is 54.1 Å². The first-order valence-electron chi connectivity index (χ1n) is 12.8. The maximum Gasteiger partial charge on any atom is 0.243 e. The zero-order valence-corrected chi connectivity index (χ0v) is 23.9. The Morgan fingerprint density at radius 2 is 1.65 bits per heavy atom. The minimum atomic E-state index is -3.86. The lowest BCUT2D eigenvalue weighted by molar-refractivity contribution is -0.141. The Morgan fingerprint density at radius 3 is 2.27 bits per heavy atom. The van der Waals surface area contributed by atoms with Crippen molar-refractivity contribution in [3.05, 3.63) is 101 Å². The van der Waals surface area contributed by atoms with E-state index in [2.05, 4.69) is 5.32 Å². The van der Waals surface area contributed by atoms with Crippen molar-refractivity contribution >= 4 is 39.1 Å². The maximum absolute atomic E-state index is 13.8. The molecule has 0 fully saturated rings. The summed E-state index contributed by atoms with van der Waals surface area (Å²) in [7, 11) is -3.86. The molecule has 0 saturated carbocycles. The van der Waals surface area contributed by atoms with E-state index in [9.17, 15) is 26.8 Å². The van der Waals surface area contributed by atoms with E-state index in [4.69, 9.17) is 11.6 Å². The summed E-state index contributed by atoms with van der Waals surface area (Å²) in [6, 6.07) is 18.3. The number of amides is 2. The van der Waals surface area contributed by atoms with Gasteiger partial charge in [0.25, 0.3) is 0 Å². The summed E-state index contributed by atoms with van der Waals surface area (Å²) in [6.07, 6.45) is 1.20. The van der Waals surface area contributed by atoms with Gasteiger partial charge in [0.15, 0.2) is 11.6 Å². The molecule has 3 aromatic carbocycles. The summed E-state index contributed by atoms with van der Waals surface area (Å²) in [5.41, 5.74) is 1.54. The predicted octanol–water partition coefficient (Wildman–Crippen LogP) is 4.94. The third-order valence-electron chi connectivity index (χ3n) is 6.21. The minimum Gasteiger partial charge on any atom is -0.355 e. The molecule has 0 unspecified atom stereocenters. The third-order valence-corrected chi connectivity index (χ3v) is 7.64. The number of benzene rings is 3. The quantitative estimate of drug-likeness (QED) is 0.305. The summed E-state index contributed by atoms with van der Waals surface area (Å²) >= 11 is 6.17. The van der Waals surface area contributed by atoms with Gasteiger partial charge in [-0.25, -0.2) is 17.2 Å². The summed E-state index contributed by atoms with van der Waals surface area (Å²) in [4.78, 5) is 28.4. The highest BCUT2D eigenvalue weighted by molar-refractivity contribution is 7.92. The van der Waals surface area contributed by atoms with Gasteiger partial charge in [0.05, 0.1) is 11.9 Å². The Hall–Kier alpha value is -3.50. The zero-order valence-electron chi connectivity index (χ0n) is 22.3. The molecular formula is C29H32ClF2N3O4S. The van der Waals surface area contributed by atoms with Gasteiger partial charge in [0, 0.05) is 43.6 Å². The fourth-order valence-electron chi connectivity index (χ4n) is 4.32. The topological polar surface area (TPSA) is 86.8 Å². The van der Waals surface area contributed by atoms with Crippen LogP contribution in [0.4, 0.5) is 14.5 Å². The van der Waals surface area contributed by atoms with E-state index in [-0.39, 0.29) is 49.9 Å². The molecule has 0 radical (unpaired) electrons. The Morgan fingerprint density at radius 1 is 0.950 bits per heavy atom. The second kappa shape index (κ2) is 14.2. The van der Waals surface area contributed by atoms with Gasteiger partial charge in [0.1, 0.15) is 6.04 Å². The first-order chi connectivity index (χ1) is 19.0. The standard InChI is InChI=1S/C29H32ClF2N3O4S/c1-3-33-29(37)27(18-21-9-5-4-6-10-21)34(20-22-11-7-12-23(30)17-22)28(36)13-8-16-35(40(2,38)39)24-14-15-25(31)26(32)19-24/h4-7,9-12,14-15,17,19,27H,3,8,13,16,18,20H2,1-2H3,(H,33,37)/t27-/m0/s1. The monoisotopic (exact) mass is 591 g/mol. The molecule has 0 spiro atoms. The molecule has 2 amide bonds. The lowest BCUT2D eigenvalue weighted by Crippen LogP contribution is -2.50. The van der Waals surface area contributed by atoms with E-state index >= 15 is 0 Å². The molecule has 40 heavy (non-hydrogen) atoms. The van der Waals surface area contributed by atoms with Gasteiger partial charge in [-0.05, 0) is 48.7 Å². The van der Waals surface area contributed by atoms with E-state index in [0.717, 1.165) is 39.9 Å². The number of nitrogens with zero attached hydrogens (tertiary/aromatic N) is 2. The number of hydrogen-bond acceptors (Lipinski definition) is 4. The molecule has 0 aliphatic carbocycles. The molecule has 3 rings (SSSR count). The van der Waals surface area contributed by atoms with Crippen LogP contribution in [0, 0.1) is 11.6 Å². The molecular weight excluding hydrogens is 560 g/mol. The number of halogens is 3. The zero-order chi connectivity index (χ0) is 29.3. The Kier molecular flexibility index (Phi) is 11.0. The third kappa shape index (κ3) is 8.76. The molecule has 0 heterocycles. The van der Waals surface area contributed by atoms with Gasteiger partial charge < -0.3 is 10.2 Å². The molecule has 0 aliphatic rings. The molecule has 1 atom stereocenters. The number of likely N-dealkylation sites (N-methyl/N-ethyl adjacent to an activating group) is 1. The smallest absolute Gasteiger partial charge is 0.243 e. The number of rotatable bonds is 13. The predicted molar refractivity (Wildman–Crippen MR) is 152 cm³/mol. The molecule has 11 heteroatoms. The SMILES string of the molecule is CCNC(=O)[C@H](Cc1ccccc1)N(Cc1cccc(Cl)c1)C(=O)CCCN(c1ccc(F)c(F)c1)S(C)(=O)=O. The summed E-state index contributed by atoms with van der Waals surface area (Å²) in [5, 5.41) is 3.30. The normalized spacial score (nSPS) is 12.0. The van der Waals surface area contributed by atoms with Crippen molar-refractivity contribution in [1.29, 1.82) is 0 Å². The Balaban J connectivity index is 1.87. The van der Waals surface area contributed by atoms with Gasteiger partial charge in [-0.2, -0.15) is 0 Å². The molecule has 7 nitrogen and oxygen atoms in total. The molecule has 1 N–H and O–H groups in total. The van der Waals surface area contributed by atoms with E-state index in [1.165, 1.54) is 4.90 Å². The van der Waals surface area contributed by atoms with Crippen molar-refractivity contribution in [2.45, 2.75) is 38.8 Å². The largest absolute Gasteiger partial charge is 0.355 e. The van der Waals surface area contributed by atoms with E-state index in [1.807, 2.05) is 30.3 Å². The van der Waals surface area contributed by atoms with Crippen LogP contribution >= 0.6 is 11.6 Å². The second-order valence-corrected chi connectivity index (χ2v) is 11.6. The van der Waals surface area contributed by atoms with Crippen LogP contribution in [0.1, 0.15) is 30.9 Å². The van der Waals surface area contributed by atoms with E-state index < -0.39 is 27.7 Å². The van der Waals surface area contributed by atoms with Crippen molar-refractivity contribution in [3.63, 3.8) is 0 Å². The van der Waals surface area contributed by atoms with Crippen LogP contribution in [-0.2, 0) is 32.6 Å². The molecule has 0 saturated heterocycles. The molecule has 214 valence electrons. The second-order valence-electron chi connectivity index (χ2n) is 9.29. The summed E-state index contributed by atoms with van der Waals surface area (Å²) < 4.78 is 53.0. The Bertz CT molecular complexity index is 1420. The van der Waals surface area contributed by atoms with Gasteiger partial charge in [-0.15, -0.1) is 0 Å². The van der Waals surface area contributed by atoms with Crippen LogP contribution in [0.15, 0.2) is 72.8 Å².